The van der Waals surface area contributed by atoms with E-state index in [1.165, 1.54) is 32.1 Å². The number of halogens is 1. The molecule has 0 heterocycles. The van der Waals surface area contributed by atoms with Gasteiger partial charge in [-0.1, -0.05) is 39.0 Å². The fourth-order valence-corrected chi connectivity index (χ4v) is 1.78. The van der Waals surface area contributed by atoms with Gasteiger partial charge in [0.1, 0.15) is 0 Å². The van der Waals surface area contributed by atoms with Gasteiger partial charge in [-0.25, -0.2) is 0 Å². The molecular formula is C15H35IN4. The van der Waals surface area contributed by atoms with Crippen molar-refractivity contribution in [2.45, 2.75) is 71.8 Å². The minimum absolute atomic E-state index is 0. The minimum atomic E-state index is 0. The van der Waals surface area contributed by atoms with E-state index >= 15 is 0 Å². The van der Waals surface area contributed by atoms with E-state index in [-0.39, 0.29) is 29.5 Å². The molecule has 0 fully saturated rings. The maximum atomic E-state index is 5.80. The highest BCUT2D eigenvalue weighted by Crippen LogP contribution is 2.04. The third-order valence-electron chi connectivity index (χ3n) is 2.88. The molecule has 0 aliphatic rings. The fourth-order valence-electron chi connectivity index (χ4n) is 1.78. The molecule has 0 saturated carbocycles. The summed E-state index contributed by atoms with van der Waals surface area (Å²) in [7, 11) is 0. The van der Waals surface area contributed by atoms with Crippen molar-refractivity contribution in [1.82, 2.24) is 10.6 Å². The van der Waals surface area contributed by atoms with Gasteiger partial charge in [-0.05, 0) is 27.2 Å². The van der Waals surface area contributed by atoms with Gasteiger partial charge in [0.2, 0.25) is 0 Å². The van der Waals surface area contributed by atoms with Gasteiger partial charge >= 0.3 is 0 Å². The first-order valence-electron chi connectivity index (χ1n) is 7.74. The number of guanidine groups is 1. The summed E-state index contributed by atoms with van der Waals surface area (Å²) in [5.41, 5.74) is 5.96. The number of unbranched alkanes of at least 4 members (excludes halogenated alkanes) is 5. The van der Waals surface area contributed by atoms with Crippen LogP contribution in [0.4, 0.5) is 0 Å². The molecule has 5 heteroatoms. The Morgan fingerprint density at radius 1 is 1.00 bits per heavy atom. The third kappa shape index (κ3) is 18.0. The van der Waals surface area contributed by atoms with Crippen molar-refractivity contribution in [2.24, 2.45) is 10.7 Å². The Kier molecular flexibility index (Phi) is 15.5. The van der Waals surface area contributed by atoms with Crippen molar-refractivity contribution < 1.29 is 0 Å². The molecule has 0 spiro atoms. The lowest BCUT2D eigenvalue weighted by atomic mass is 10.1. The topological polar surface area (TPSA) is 62.4 Å². The van der Waals surface area contributed by atoms with Crippen molar-refractivity contribution in [3.8, 4) is 0 Å². The van der Waals surface area contributed by atoms with Crippen LogP contribution in [0.3, 0.4) is 0 Å². The van der Waals surface area contributed by atoms with Gasteiger partial charge in [-0.15, -0.1) is 24.0 Å². The molecular weight excluding hydrogens is 363 g/mol. The van der Waals surface area contributed by atoms with Crippen molar-refractivity contribution >= 4 is 29.9 Å². The summed E-state index contributed by atoms with van der Waals surface area (Å²) in [6.45, 7) is 11.3. The first-order chi connectivity index (χ1) is 8.95. The average Bonchev–Trinajstić information content (AvgIpc) is 2.32. The van der Waals surface area contributed by atoms with Crippen molar-refractivity contribution in [2.75, 3.05) is 19.6 Å². The SMILES string of the molecule is CCCCCCCCN=C(N)NCCNC(C)(C)C.I. The smallest absolute Gasteiger partial charge is 0.188 e. The highest BCUT2D eigenvalue weighted by Gasteiger charge is 2.06. The summed E-state index contributed by atoms with van der Waals surface area (Å²) in [5, 5.41) is 6.53. The van der Waals surface area contributed by atoms with E-state index in [9.17, 15) is 0 Å². The van der Waals surface area contributed by atoms with Crippen LogP contribution in [-0.2, 0) is 0 Å². The standard InChI is InChI=1S/C15H34N4.HI/c1-5-6-7-8-9-10-11-17-14(16)18-12-13-19-15(2,3)4;/h19H,5-13H2,1-4H3,(H3,16,17,18);1H. The summed E-state index contributed by atoms with van der Waals surface area (Å²) in [6, 6.07) is 0. The lowest BCUT2D eigenvalue weighted by Crippen LogP contribution is -2.43. The van der Waals surface area contributed by atoms with Crippen LogP contribution in [0.1, 0.15) is 66.2 Å². The second-order valence-corrected chi connectivity index (χ2v) is 6.14. The number of nitrogens with one attached hydrogen (secondary N) is 2. The maximum absolute atomic E-state index is 5.80. The first-order valence-corrected chi connectivity index (χ1v) is 7.74. The van der Waals surface area contributed by atoms with Gasteiger partial charge in [0.25, 0.3) is 0 Å². The zero-order valence-corrected chi connectivity index (χ0v) is 16.1. The highest BCUT2D eigenvalue weighted by molar-refractivity contribution is 14.0. The van der Waals surface area contributed by atoms with E-state index in [1.807, 2.05) is 0 Å². The molecule has 0 unspecified atom stereocenters. The number of rotatable bonds is 10. The Morgan fingerprint density at radius 3 is 2.20 bits per heavy atom. The predicted molar refractivity (Wildman–Crippen MR) is 101 cm³/mol. The van der Waals surface area contributed by atoms with Crippen molar-refractivity contribution in [1.29, 1.82) is 0 Å². The largest absolute Gasteiger partial charge is 0.370 e. The summed E-state index contributed by atoms with van der Waals surface area (Å²) >= 11 is 0. The Hall–Kier alpha value is -0.0400. The van der Waals surface area contributed by atoms with E-state index in [0.717, 1.165) is 26.1 Å². The predicted octanol–water partition coefficient (Wildman–Crippen LogP) is 3.26. The van der Waals surface area contributed by atoms with Crippen LogP contribution in [0.15, 0.2) is 4.99 Å². The Balaban J connectivity index is 0. The quantitative estimate of drug-likeness (QED) is 0.229. The molecule has 0 aromatic heterocycles. The normalized spacial score (nSPS) is 12.1. The van der Waals surface area contributed by atoms with Crippen LogP contribution in [-0.4, -0.2) is 31.1 Å². The number of nitrogens with two attached hydrogens (primary N) is 1. The van der Waals surface area contributed by atoms with Gasteiger partial charge in [-0.3, -0.25) is 4.99 Å². The Morgan fingerprint density at radius 2 is 1.60 bits per heavy atom. The van der Waals surface area contributed by atoms with Gasteiger partial charge < -0.3 is 16.4 Å². The van der Waals surface area contributed by atoms with Crippen LogP contribution < -0.4 is 16.4 Å². The number of hydrogen-bond donors (Lipinski definition) is 3. The zero-order valence-electron chi connectivity index (χ0n) is 13.8. The molecule has 0 aromatic rings. The number of aliphatic imine (C=N–C) groups is 1. The monoisotopic (exact) mass is 398 g/mol. The van der Waals surface area contributed by atoms with Gasteiger partial charge in [0.15, 0.2) is 5.96 Å². The lowest BCUT2D eigenvalue weighted by molar-refractivity contribution is 0.428. The molecule has 0 aliphatic carbocycles. The third-order valence-corrected chi connectivity index (χ3v) is 2.88. The highest BCUT2D eigenvalue weighted by atomic mass is 127. The molecule has 20 heavy (non-hydrogen) atoms. The molecule has 122 valence electrons. The maximum Gasteiger partial charge on any atom is 0.188 e. The molecule has 4 nitrogen and oxygen atoms in total. The molecule has 0 aromatic carbocycles. The Bertz CT molecular complexity index is 237. The number of hydrogen-bond acceptors (Lipinski definition) is 2. The molecule has 0 saturated heterocycles. The van der Waals surface area contributed by atoms with E-state index in [4.69, 9.17) is 5.73 Å². The van der Waals surface area contributed by atoms with E-state index in [0.29, 0.717) is 5.96 Å². The second-order valence-electron chi connectivity index (χ2n) is 6.14. The molecule has 4 N–H and O–H groups in total. The van der Waals surface area contributed by atoms with Crippen LogP contribution in [0.2, 0.25) is 0 Å². The number of nitrogens with zero attached hydrogens (tertiary/aromatic N) is 1. The van der Waals surface area contributed by atoms with Gasteiger partial charge in [0.05, 0.1) is 0 Å². The van der Waals surface area contributed by atoms with Crippen LogP contribution in [0.25, 0.3) is 0 Å². The molecule has 0 amide bonds. The lowest BCUT2D eigenvalue weighted by Gasteiger charge is -2.20. The minimum Gasteiger partial charge on any atom is -0.370 e. The first kappa shape index (κ1) is 22.2. The summed E-state index contributed by atoms with van der Waals surface area (Å²) < 4.78 is 0. The van der Waals surface area contributed by atoms with Crippen molar-refractivity contribution in [3.05, 3.63) is 0 Å². The Labute approximate surface area is 142 Å². The van der Waals surface area contributed by atoms with Crippen LogP contribution >= 0.6 is 24.0 Å². The summed E-state index contributed by atoms with van der Waals surface area (Å²) in [6.07, 6.45) is 7.75. The van der Waals surface area contributed by atoms with E-state index in [1.54, 1.807) is 0 Å². The fraction of sp³-hybridized carbons (Fsp3) is 0.933. The van der Waals surface area contributed by atoms with Gasteiger partial charge in [-0.2, -0.15) is 0 Å². The van der Waals surface area contributed by atoms with Crippen molar-refractivity contribution in [3.63, 3.8) is 0 Å². The van der Waals surface area contributed by atoms with E-state index < -0.39 is 0 Å². The molecule has 0 atom stereocenters. The van der Waals surface area contributed by atoms with Crippen LogP contribution in [0.5, 0.6) is 0 Å². The van der Waals surface area contributed by atoms with Gasteiger partial charge in [0, 0.05) is 25.2 Å². The van der Waals surface area contributed by atoms with Crippen LogP contribution in [0, 0.1) is 0 Å². The molecule has 0 rings (SSSR count). The summed E-state index contributed by atoms with van der Waals surface area (Å²) in [5.74, 6) is 0.573. The average molecular weight is 398 g/mol. The van der Waals surface area contributed by atoms with E-state index in [2.05, 4.69) is 43.3 Å². The molecule has 0 aliphatic heterocycles. The molecule has 0 bridgehead atoms. The molecule has 0 radical (unpaired) electrons. The summed E-state index contributed by atoms with van der Waals surface area (Å²) in [4.78, 5) is 4.33. The second kappa shape index (κ2) is 13.9. The zero-order chi connectivity index (χ0) is 14.6.